The Bertz CT molecular complexity index is 1410. The minimum Gasteiger partial charge on any atom is -0.488 e. The molecule has 8 nitrogen and oxygen atoms in total. The van der Waals surface area contributed by atoms with E-state index in [2.05, 4.69) is 5.32 Å². The number of carbonyl (C=O) groups is 2. The summed E-state index contributed by atoms with van der Waals surface area (Å²) < 4.78 is 38.5. The van der Waals surface area contributed by atoms with Crippen LogP contribution in [0.5, 0.6) is 11.5 Å². The number of rotatable bonds is 9. The van der Waals surface area contributed by atoms with E-state index in [1.807, 2.05) is 30.3 Å². The Morgan fingerprint density at radius 3 is 2.45 bits per heavy atom. The van der Waals surface area contributed by atoms with Gasteiger partial charge >= 0.3 is 6.09 Å². The van der Waals surface area contributed by atoms with E-state index in [-0.39, 0.29) is 53.6 Å². The van der Waals surface area contributed by atoms with Crippen LogP contribution in [-0.4, -0.2) is 44.5 Å². The Morgan fingerprint density at radius 2 is 1.80 bits per heavy atom. The highest BCUT2D eigenvalue weighted by atomic mass is 35.5. The fraction of sp³-hybridized carbons (Fsp3) is 0.333. The molecule has 2 amide bonds. The molecule has 1 heterocycles. The highest BCUT2D eigenvalue weighted by Gasteiger charge is 2.44. The molecule has 4 rings (SSSR count). The number of benzene rings is 3. The number of nitrogens with two attached hydrogens (primary N) is 1. The van der Waals surface area contributed by atoms with Crippen molar-refractivity contribution in [1.29, 1.82) is 0 Å². The van der Waals surface area contributed by atoms with Crippen molar-refractivity contribution in [2.24, 2.45) is 5.73 Å². The van der Waals surface area contributed by atoms with Crippen LogP contribution < -0.4 is 20.5 Å². The highest BCUT2D eigenvalue weighted by Crippen LogP contribution is 2.49. The maximum Gasteiger partial charge on any atom is 0.407 e. The zero-order chi connectivity index (χ0) is 29.1. The Hall–Kier alpha value is -3.82. The van der Waals surface area contributed by atoms with E-state index in [4.69, 9.17) is 36.3 Å². The second-order valence-corrected chi connectivity index (χ2v) is 10.8. The highest BCUT2D eigenvalue weighted by molar-refractivity contribution is 6.34. The third-order valence-electron chi connectivity index (χ3n) is 6.37. The Kier molecular flexibility index (Phi) is 8.56. The van der Waals surface area contributed by atoms with Crippen molar-refractivity contribution in [3.05, 3.63) is 82.1 Å². The zero-order valence-corrected chi connectivity index (χ0v) is 23.6. The Labute approximate surface area is 237 Å². The molecule has 0 unspecified atom stereocenters. The molecule has 1 aliphatic rings. The van der Waals surface area contributed by atoms with Crippen LogP contribution in [0.25, 0.3) is 11.1 Å². The van der Waals surface area contributed by atoms with Crippen LogP contribution >= 0.6 is 11.6 Å². The summed E-state index contributed by atoms with van der Waals surface area (Å²) in [7, 11) is 1.51. The first-order valence-electron chi connectivity index (χ1n) is 12.7. The lowest BCUT2D eigenvalue weighted by Crippen LogP contribution is -2.45. The molecule has 0 spiro atoms. The molecule has 1 aliphatic heterocycles. The number of carbonyl (C=O) groups excluding carboxylic acids is 2. The molecule has 3 aromatic carbocycles. The minimum absolute atomic E-state index is 0.0446. The van der Waals surface area contributed by atoms with E-state index < -0.39 is 29.0 Å². The normalized spacial score (nSPS) is 16.1. The summed E-state index contributed by atoms with van der Waals surface area (Å²) in [6, 6.07) is 15.3. The second-order valence-electron chi connectivity index (χ2n) is 10.4. The topological polar surface area (TPSA) is 109 Å². The van der Waals surface area contributed by atoms with Crippen molar-refractivity contribution >= 4 is 23.6 Å². The summed E-state index contributed by atoms with van der Waals surface area (Å²) in [6.45, 7) is 5.70. The number of nitrogens with one attached hydrogen (secondary N) is 1. The summed E-state index contributed by atoms with van der Waals surface area (Å²) in [4.78, 5) is 25.0. The molecule has 10 heteroatoms. The molecule has 0 saturated heterocycles. The number of ether oxygens (including phenoxy) is 4. The number of hydrogen-bond donors (Lipinski definition) is 2. The average Bonchev–Trinajstić information content (AvgIpc) is 3.28. The fourth-order valence-corrected chi connectivity index (χ4v) is 4.93. The Morgan fingerprint density at radius 1 is 1.07 bits per heavy atom. The number of methoxy groups -OCH3 is 1. The van der Waals surface area contributed by atoms with E-state index in [0.29, 0.717) is 11.3 Å². The van der Waals surface area contributed by atoms with Gasteiger partial charge in [0.05, 0.1) is 18.7 Å². The van der Waals surface area contributed by atoms with E-state index in [1.165, 1.54) is 19.2 Å². The van der Waals surface area contributed by atoms with Crippen molar-refractivity contribution in [3.63, 3.8) is 0 Å². The van der Waals surface area contributed by atoms with Gasteiger partial charge in [0.25, 0.3) is 0 Å². The predicted octanol–water partition coefficient (Wildman–Crippen LogP) is 5.63. The summed E-state index contributed by atoms with van der Waals surface area (Å²) >= 11 is 6.68. The zero-order valence-electron chi connectivity index (χ0n) is 22.8. The van der Waals surface area contributed by atoms with E-state index in [1.54, 1.807) is 32.9 Å². The van der Waals surface area contributed by atoms with E-state index >= 15 is 4.39 Å². The van der Waals surface area contributed by atoms with E-state index in [9.17, 15) is 9.59 Å². The fourth-order valence-electron chi connectivity index (χ4n) is 4.66. The third-order valence-corrected chi connectivity index (χ3v) is 6.69. The van der Waals surface area contributed by atoms with Gasteiger partial charge in [-0.15, -0.1) is 0 Å². The molecule has 0 radical (unpaired) electrons. The number of halogens is 2. The molecule has 3 N–H and O–H groups in total. The van der Waals surface area contributed by atoms with Crippen LogP contribution in [0.1, 0.15) is 42.3 Å². The van der Waals surface area contributed by atoms with Crippen LogP contribution in [0.15, 0.2) is 54.6 Å². The lowest BCUT2D eigenvalue weighted by Gasteiger charge is -2.30. The Balaban J connectivity index is 1.82. The first-order chi connectivity index (χ1) is 19.0. The predicted molar refractivity (Wildman–Crippen MR) is 149 cm³/mol. The monoisotopic (exact) mass is 570 g/mol. The van der Waals surface area contributed by atoms with Crippen LogP contribution in [0.2, 0.25) is 5.02 Å². The van der Waals surface area contributed by atoms with Crippen LogP contribution in [0.4, 0.5) is 9.18 Å². The number of fused-ring (bicyclic) bond motifs is 1. The SMILES string of the molecule is COCCOc1ccc(C(N)=O)c(-c2c(Cl)ccc3c2C[C@@](CNC(=O)OC(C)(C)C)(c2ccccc2)O3)c1F. The molecular formula is C30H32ClFN2O6. The van der Waals surface area contributed by atoms with Crippen molar-refractivity contribution < 1.29 is 32.9 Å². The van der Waals surface area contributed by atoms with Gasteiger partial charge in [0.2, 0.25) is 5.91 Å². The van der Waals surface area contributed by atoms with Gasteiger partial charge in [-0.2, -0.15) is 0 Å². The second kappa shape index (κ2) is 11.7. The van der Waals surface area contributed by atoms with Gasteiger partial charge < -0.3 is 30.0 Å². The number of alkyl carbamates (subject to hydrolysis) is 1. The van der Waals surface area contributed by atoms with Gasteiger partial charge in [0, 0.05) is 35.2 Å². The van der Waals surface area contributed by atoms with Crippen LogP contribution in [-0.2, 0) is 21.5 Å². The summed E-state index contributed by atoms with van der Waals surface area (Å²) in [5.41, 5.74) is 5.34. The molecule has 3 aromatic rings. The van der Waals surface area contributed by atoms with Crippen molar-refractivity contribution in [2.75, 3.05) is 26.9 Å². The lowest BCUT2D eigenvalue weighted by molar-refractivity contribution is 0.0415. The first kappa shape index (κ1) is 29.2. The molecule has 0 fully saturated rings. The largest absolute Gasteiger partial charge is 0.488 e. The summed E-state index contributed by atoms with van der Waals surface area (Å²) in [5.74, 6) is -1.27. The standard InChI is InChI=1S/C30H32ClFN2O6/c1-29(2,3)40-28(36)34-17-30(18-8-6-5-7-9-18)16-20-22(39-30)13-11-21(31)24(20)25-19(27(33)35)10-12-23(26(25)32)38-15-14-37-4/h5-13H,14-17H2,1-4H3,(H2,33,35)(H,34,36)/t30-/m1/s1. The van der Waals surface area contributed by atoms with Gasteiger partial charge in [-0.25, -0.2) is 9.18 Å². The summed E-state index contributed by atoms with van der Waals surface area (Å²) in [5, 5.41) is 3.00. The van der Waals surface area contributed by atoms with Crippen molar-refractivity contribution in [3.8, 4) is 22.6 Å². The molecule has 0 bridgehead atoms. The number of hydrogen-bond acceptors (Lipinski definition) is 6. The molecular weight excluding hydrogens is 539 g/mol. The van der Waals surface area contributed by atoms with Crippen molar-refractivity contribution in [2.45, 2.75) is 38.4 Å². The number of primary amides is 1. The quantitative estimate of drug-likeness (QED) is 0.323. The smallest absolute Gasteiger partial charge is 0.407 e. The van der Waals surface area contributed by atoms with Gasteiger partial charge in [0.1, 0.15) is 18.0 Å². The van der Waals surface area contributed by atoms with Crippen molar-refractivity contribution in [1.82, 2.24) is 5.32 Å². The maximum absolute atomic E-state index is 16.0. The number of amides is 2. The van der Waals surface area contributed by atoms with Crippen LogP contribution in [0.3, 0.4) is 0 Å². The van der Waals surface area contributed by atoms with Gasteiger partial charge in [-0.3, -0.25) is 4.79 Å². The summed E-state index contributed by atoms with van der Waals surface area (Å²) in [6.07, 6.45) is -0.409. The third kappa shape index (κ3) is 6.16. The molecule has 40 heavy (non-hydrogen) atoms. The van der Waals surface area contributed by atoms with Gasteiger partial charge in [-0.05, 0) is 50.6 Å². The molecule has 212 valence electrons. The average molecular weight is 571 g/mol. The van der Waals surface area contributed by atoms with Gasteiger partial charge in [0.15, 0.2) is 17.2 Å². The van der Waals surface area contributed by atoms with Gasteiger partial charge in [-0.1, -0.05) is 41.9 Å². The lowest BCUT2D eigenvalue weighted by atomic mass is 9.85. The molecule has 1 atom stereocenters. The molecule has 0 aliphatic carbocycles. The maximum atomic E-state index is 16.0. The first-order valence-corrected chi connectivity index (χ1v) is 13.1. The van der Waals surface area contributed by atoms with E-state index in [0.717, 1.165) is 5.56 Å². The van der Waals surface area contributed by atoms with Crippen LogP contribution in [0, 0.1) is 5.82 Å². The minimum atomic E-state index is -1.07. The molecule has 0 saturated carbocycles. The molecule has 0 aromatic heterocycles.